The second kappa shape index (κ2) is 5.14. The van der Waals surface area contributed by atoms with Gasteiger partial charge in [0.25, 0.3) is 5.56 Å². The summed E-state index contributed by atoms with van der Waals surface area (Å²) < 4.78 is 3.36. The van der Waals surface area contributed by atoms with Gasteiger partial charge in [-0.3, -0.25) is 14.0 Å². The molecule has 0 atom stereocenters. The van der Waals surface area contributed by atoms with Crippen molar-refractivity contribution in [2.75, 3.05) is 0 Å². The van der Waals surface area contributed by atoms with Gasteiger partial charge in [-0.2, -0.15) is 5.10 Å². The molecule has 114 valence electrons. The van der Waals surface area contributed by atoms with Gasteiger partial charge in [-0.25, -0.2) is 0 Å². The molecule has 0 fully saturated rings. The summed E-state index contributed by atoms with van der Waals surface area (Å²) in [5.41, 5.74) is 3.14. The van der Waals surface area contributed by atoms with E-state index < -0.39 is 0 Å². The van der Waals surface area contributed by atoms with Crippen LogP contribution in [0.2, 0.25) is 5.02 Å². The minimum atomic E-state index is -0.0973. The summed E-state index contributed by atoms with van der Waals surface area (Å²) in [5.74, 6) is 0. The SMILES string of the molecule is Cn1cc(-c2cn(-c3ccc(Cl)cc3)c(=O)c3[nH]ccc23)cn1. The molecule has 0 bridgehead atoms. The second-order valence-corrected chi connectivity index (χ2v) is 5.80. The van der Waals surface area contributed by atoms with Crippen LogP contribution in [0, 0.1) is 0 Å². The van der Waals surface area contributed by atoms with E-state index in [0.717, 1.165) is 22.2 Å². The van der Waals surface area contributed by atoms with Crippen LogP contribution in [-0.4, -0.2) is 19.3 Å². The Kier molecular flexibility index (Phi) is 3.09. The highest BCUT2D eigenvalue weighted by molar-refractivity contribution is 6.30. The van der Waals surface area contributed by atoms with Crippen LogP contribution in [0.3, 0.4) is 0 Å². The molecule has 0 amide bonds. The summed E-state index contributed by atoms with van der Waals surface area (Å²) in [6.07, 6.45) is 7.34. The molecule has 3 aromatic heterocycles. The van der Waals surface area contributed by atoms with E-state index in [1.165, 1.54) is 0 Å². The van der Waals surface area contributed by atoms with Crippen molar-refractivity contribution in [2.45, 2.75) is 0 Å². The monoisotopic (exact) mass is 324 g/mol. The molecule has 0 unspecified atom stereocenters. The molecular weight excluding hydrogens is 312 g/mol. The number of hydrogen-bond acceptors (Lipinski definition) is 2. The van der Waals surface area contributed by atoms with E-state index in [1.54, 1.807) is 33.8 Å². The van der Waals surface area contributed by atoms with Crippen LogP contribution in [0.5, 0.6) is 0 Å². The molecule has 6 heteroatoms. The van der Waals surface area contributed by atoms with Gasteiger partial charge in [0, 0.05) is 52.9 Å². The van der Waals surface area contributed by atoms with Crippen LogP contribution in [0.4, 0.5) is 0 Å². The summed E-state index contributed by atoms with van der Waals surface area (Å²) >= 11 is 5.94. The van der Waals surface area contributed by atoms with E-state index in [-0.39, 0.29) is 5.56 Å². The minimum absolute atomic E-state index is 0.0973. The molecule has 1 aromatic carbocycles. The lowest BCUT2D eigenvalue weighted by atomic mass is 10.1. The van der Waals surface area contributed by atoms with Gasteiger partial charge in [0.15, 0.2) is 0 Å². The number of rotatable bonds is 2. The zero-order valence-corrected chi connectivity index (χ0v) is 13.1. The summed E-state index contributed by atoms with van der Waals surface area (Å²) in [4.78, 5) is 15.8. The van der Waals surface area contributed by atoms with Crippen molar-refractivity contribution in [2.24, 2.45) is 7.05 Å². The number of hydrogen-bond donors (Lipinski definition) is 1. The minimum Gasteiger partial charge on any atom is -0.357 e. The quantitative estimate of drug-likeness (QED) is 0.614. The van der Waals surface area contributed by atoms with Crippen LogP contribution in [0.15, 0.2) is 59.9 Å². The topological polar surface area (TPSA) is 55.6 Å². The lowest BCUT2D eigenvalue weighted by Crippen LogP contribution is -2.18. The molecule has 4 rings (SSSR count). The van der Waals surface area contributed by atoms with Crippen molar-refractivity contribution in [3.05, 3.63) is 70.5 Å². The van der Waals surface area contributed by atoms with Crippen LogP contribution >= 0.6 is 11.6 Å². The van der Waals surface area contributed by atoms with Crippen LogP contribution in [-0.2, 0) is 7.05 Å². The lowest BCUT2D eigenvalue weighted by Gasteiger charge is -2.09. The maximum atomic E-state index is 12.7. The number of halogens is 1. The molecule has 4 aromatic rings. The van der Waals surface area contributed by atoms with E-state index in [2.05, 4.69) is 10.1 Å². The summed E-state index contributed by atoms with van der Waals surface area (Å²) in [7, 11) is 1.87. The van der Waals surface area contributed by atoms with Gasteiger partial charge < -0.3 is 4.98 Å². The van der Waals surface area contributed by atoms with Gasteiger partial charge in [0.2, 0.25) is 0 Å². The predicted molar refractivity (Wildman–Crippen MR) is 91.1 cm³/mol. The zero-order chi connectivity index (χ0) is 16.0. The fourth-order valence-electron chi connectivity index (χ4n) is 2.73. The molecule has 5 nitrogen and oxygen atoms in total. The van der Waals surface area contributed by atoms with Crippen molar-refractivity contribution < 1.29 is 0 Å². The first-order chi connectivity index (χ1) is 11.1. The molecule has 0 saturated carbocycles. The van der Waals surface area contributed by atoms with Crippen molar-refractivity contribution in [1.29, 1.82) is 0 Å². The number of aromatic amines is 1. The molecule has 3 heterocycles. The van der Waals surface area contributed by atoms with Crippen molar-refractivity contribution in [1.82, 2.24) is 19.3 Å². The summed E-state index contributed by atoms with van der Waals surface area (Å²) in [5, 5.41) is 5.74. The Balaban J connectivity index is 2.04. The Morgan fingerprint density at radius 2 is 1.91 bits per heavy atom. The Labute approximate surface area is 136 Å². The van der Waals surface area contributed by atoms with E-state index >= 15 is 0 Å². The average molecular weight is 325 g/mol. The third-order valence-corrected chi connectivity index (χ3v) is 4.10. The second-order valence-electron chi connectivity index (χ2n) is 5.36. The van der Waals surface area contributed by atoms with E-state index in [1.807, 2.05) is 37.6 Å². The van der Waals surface area contributed by atoms with Crippen molar-refractivity contribution in [3.8, 4) is 16.8 Å². The van der Waals surface area contributed by atoms with Crippen molar-refractivity contribution in [3.63, 3.8) is 0 Å². The molecule has 0 aliphatic carbocycles. The highest BCUT2D eigenvalue weighted by Gasteiger charge is 2.13. The molecule has 0 radical (unpaired) electrons. The Morgan fingerprint density at radius 3 is 2.61 bits per heavy atom. The number of H-pyrrole nitrogens is 1. The largest absolute Gasteiger partial charge is 0.357 e. The number of nitrogens with one attached hydrogen (secondary N) is 1. The highest BCUT2D eigenvalue weighted by Crippen LogP contribution is 2.27. The van der Waals surface area contributed by atoms with Crippen LogP contribution < -0.4 is 5.56 Å². The number of pyridine rings is 1. The maximum Gasteiger partial charge on any atom is 0.279 e. The van der Waals surface area contributed by atoms with Crippen LogP contribution in [0.1, 0.15) is 0 Å². The zero-order valence-electron chi connectivity index (χ0n) is 12.3. The van der Waals surface area contributed by atoms with Gasteiger partial charge in [-0.1, -0.05) is 11.6 Å². The molecule has 0 saturated heterocycles. The van der Waals surface area contributed by atoms with Gasteiger partial charge in [0.05, 0.1) is 6.20 Å². The normalized spacial score (nSPS) is 11.2. The number of aryl methyl sites for hydroxylation is 1. The molecule has 0 aliphatic heterocycles. The van der Waals surface area contributed by atoms with Crippen molar-refractivity contribution >= 4 is 22.5 Å². The number of nitrogens with zero attached hydrogens (tertiary/aromatic N) is 3. The fraction of sp³-hybridized carbons (Fsp3) is 0.0588. The lowest BCUT2D eigenvalue weighted by molar-refractivity contribution is 0.768. The number of benzene rings is 1. The van der Waals surface area contributed by atoms with E-state index in [9.17, 15) is 4.79 Å². The third-order valence-electron chi connectivity index (χ3n) is 3.85. The van der Waals surface area contributed by atoms with Gasteiger partial charge in [0.1, 0.15) is 5.52 Å². The Bertz CT molecular complexity index is 1060. The Morgan fingerprint density at radius 1 is 1.13 bits per heavy atom. The molecule has 1 N–H and O–H groups in total. The van der Waals surface area contributed by atoms with Gasteiger partial charge in [-0.05, 0) is 30.3 Å². The smallest absolute Gasteiger partial charge is 0.279 e. The fourth-order valence-corrected chi connectivity index (χ4v) is 2.86. The van der Waals surface area contributed by atoms with E-state index in [0.29, 0.717) is 10.5 Å². The first-order valence-electron chi connectivity index (χ1n) is 7.11. The number of fused-ring (bicyclic) bond motifs is 1. The Hall–Kier alpha value is -2.79. The average Bonchev–Trinajstić information content (AvgIpc) is 3.18. The predicted octanol–water partition coefficient (Wildman–Crippen LogP) is 3.37. The first-order valence-corrected chi connectivity index (χ1v) is 7.49. The maximum absolute atomic E-state index is 12.7. The van der Waals surface area contributed by atoms with Gasteiger partial charge >= 0.3 is 0 Å². The number of aromatic nitrogens is 4. The summed E-state index contributed by atoms with van der Waals surface area (Å²) in [6, 6.07) is 9.10. The highest BCUT2D eigenvalue weighted by atomic mass is 35.5. The molecule has 0 spiro atoms. The molecule has 0 aliphatic rings. The first kappa shape index (κ1) is 13.8. The van der Waals surface area contributed by atoms with Gasteiger partial charge in [-0.15, -0.1) is 0 Å². The van der Waals surface area contributed by atoms with Crippen LogP contribution in [0.25, 0.3) is 27.7 Å². The molecular formula is C17H13ClN4O. The third kappa shape index (κ3) is 2.26. The van der Waals surface area contributed by atoms with E-state index in [4.69, 9.17) is 11.6 Å². The molecule has 23 heavy (non-hydrogen) atoms. The standard InChI is InChI=1S/C17H13ClN4O/c1-21-9-11(8-20-21)15-10-22(13-4-2-12(18)3-5-13)17(23)16-14(15)6-7-19-16/h2-10,19H,1H3. The summed E-state index contributed by atoms with van der Waals surface area (Å²) in [6.45, 7) is 0.